The molecule has 0 saturated carbocycles. The first-order valence-corrected chi connectivity index (χ1v) is 9.59. The van der Waals surface area contributed by atoms with E-state index in [1.54, 1.807) is 0 Å². The summed E-state index contributed by atoms with van der Waals surface area (Å²) in [5, 5.41) is 0. The molecule has 1 unspecified atom stereocenters. The highest BCUT2D eigenvalue weighted by molar-refractivity contribution is 7.89. The molecule has 24 heavy (non-hydrogen) atoms. The van der Waals surface area contributed by atoms with Gasteiger partial charge in [-0.1, -0.05) is 36.4 Å². The second-order valence-electron chi connectivity index (χ2n) is 5.98. The van der Waals surface area contributed by atoms with Crippen LogP contribution in [0.25, 0.3) is 0 Å². The number of hydrogen-bond acceptors (Lipinski definition) is 3. The highest BCUT2D eigenvalue weighted by atomic mass is 32.2. The Hall–Kier alpha value is -1.76. The van der Waals surface area contributed by atoms with Crippen LogP contribution >= 0.6 is 0 Å². The maximum atomic E-state index is 13.3. The Morgan fingerprint density at radius 2 is 1.75 bits per heavy atom. The van der Waals surface area contributed by atoms with Gasteiger partial charge in [-0.05, 0) is 49.7 Å². The van der Waals surface area contributed by atoms with Crippen LogP contribution < -0.4 is 4.72 Å². The van der Waals surface area contributed by atoms with Crippen LogP contribution in [0.2, 0.25) is 0 Å². The summed E-state index contributed by atoms with van der Waals surface area (Å²) in [5.74, 6) is -0.558. The second-order valence-corrected chi connectivity index (χ2v) is 7.75. The van der Waals surface area contributed by atoms with E-state index in [2.05, 4.69) is 9.62 Å². The van der Waals surface area contributed by atoms with Crippen LogP contribution in [0.1, 0.15) is 24.4 Å². The van der Waals surface area contributed by atoms with E-state index >= 15 is 0 Å². The summed E-state index contributed by atoms with van der Waals surface area (Å²) in [5.41, 5.74) is 1.08. The standard InChI is InChI=1S/C18H21FN2O2S/c19-16-9-6-10-17(13-16)24(22,23)20-14-18(21-11-4-5-12-21)15-7-2-1-3-8-15/h1-3,6-10,13,18,20H,4-5,11-12,14H2. The third-order valence-corrected chi connectivity index (χ3v) is 5.76. The highest BCUT2D eigenvalue weighted by Crippen LogP contribution is 2.25. The van der Waals surface area contributed by atoms with Crippen molar-refractivity contribution in [1.82, 2.24) is 9.62 Å². The monoisotopic (exact) mass is 348 g/mol. The average molecular weight is 348 g/mol. The summed E-state index contributed by atoms with van der Waals surface area (Å²) in [4.78, 5) is 2.25. The zero-order valence-corrected chi connectivity index (χ0v) is 14.2. The lowest BCUT2D eigenvalue weighted by atomic mass is 10.1. The van der Waals surface area contributed by atoms with Crippen LogP contribution in [0.15, 0.2) is 59.5 Å². The zero-order chi connectivity index (χ0) is 17.0. The van der Waals surface area contributed by atoms with Gasteiger partial charge in [0.2, 0.25) is 10.0 Å². The number of nitrogens with one attached hydrogen (secondary N) is 1. The predicted molar refractivity (Wildman–Crippen MR) is 91.6 cm³/mol. The molecule has 1 heterocycles. The van der Waals surface area contributed by atoms with Crippen LogP contribution in [-0.2, 0) is 10.0 Å². The van der Waals surface area contributed by atoms with Crippen LogP contribution in [0.3, 0.4) is 0 Å². The topological polar surface area (TPSA) is 49.4 Å². The molecule has 0 aromatic heterocycles. The molecule has 1 saturated heterocycles. The van der Waals surface area contributed by atoms with Crippen molar-refractivity contribution in [1.29, 1.82) is 0 Å². The van der Waals surface area contributed by atoms with Crippen molar-refractivity contribution in [3.05, 3.63) is 66.0 Å². The van der Waals surface area contributed by atoms with Gasteiger partial charge in [-0.2, -0.15) is 0 Å². The van der Waals surface area contributed by atoms with Gasteiger partial charge in [0.05, 0.1) is 4.90 Å². The summed E-state index contributed by atoms with van der Waals surface area (Å²) < 4.78 is 40.8. The van der Waals surface area contributed by atoms with Crippen LogP contribution in [0.5, 0.6) is 0 Å². The first-order chi connectivity index (χ1) is 11.6. The van der Waals surface area contributed by atoms with Crippen molar-refractivity contribution >= 4 is 10.0 Å². The second kappa shape index (κ2) is 7.42. The lowest BCUT2D eigenvalue weighted by Gasteiger charge is -2.28. The summed E-state index contributed by atoms with van der Waals surface area (Å²) in [6.07, 6.45) is 2.25. The zero-order valence-electron chi connectivity index (χ0n) is 13.4. The summed E-state index contributed by atoms with van der Waals surface area (Å²) >= 11 is 0. The van der Waals surface area contributed by atoms with Crippen molar-refractivity contribution in [3.8, 4) is 0 Å². The molecule has 2 aromatic carbocycles. The van der Waals surface area contributed by atoms with E-state index in [0.29, 0.717) is 0 Å². The predicted octanol–water partition coefficient (Wildman–Crippen LogP) is 2.94. The van der Waals surface area contributed by atoms with E-state index in [9.17, 15) is 12.8 Å². The van der Waals surface area contributed by atoms with E-state index < -0.39 is 15.8 Å². The van der Waals surface area contributed by atoms with E-state index in [0.717, 1.165) is 37.6 Å². The van der Waals surface area contributed by atoms with Crippen LogP contribution in [0, 0.1) is 5.82 Å². The van der Waals surface area contributed by atoms with Gasteiger partial charge in [0.1, 0.15) is 5.82 Å². The van der Waals surface area contributed by atoms with Crippen molar-refractivity contribution in [2.24, 2.45) is 0 Å². The maximum absolute atomic E-state index is 13.3. The Bertz CT molecular complexity index is 775. The molecule has 0 bridgehead atoms. The maximum Gasteiger partial charge on any atom is 0.240 e. The average Bonchev–Trinajstić information content (AvgIpc) is 3.10. The normalized spacial score (nSPS) is 17.0. The van der Waals surface area contributed by atoms with Gasteiger partial charge in [0, 0.05) is 12.6 Å². The minimum Gasteiger partial charge on any atom is -0.295 e. The largest absolute Gasteiger partial charge is 0.295 e. The highest BCUT2D eigenvalue weighted by Gasteiger charge is 2.25. The van der Waals surface area contributed by atoms with Crippen molar-refractivity contribution in [3.63, 3.8) is 0 Å². The Morgan fingerprint density at radius 1 is 1.04 bits per heavy atom. The van der Waals surface area contributed by atoms with Crippen molar-refractivity contribution in [2.45, 2.75) is 23.8 Å². The number of sulfonamides is 1. The fourth-order valence-electron chi connectivity index (χ4n) is 3.09. The van der Waals surface area contributed by atoms with Gasteiger partial charge in [-0.3, -0.25) is 4.90 Å². The Balaban J connectivity index is 1.78. The molecule has 1 fully saturated rings. The smallest absolute Gasteiger partial charge is 0.240 e. The van der Waals surface area contributed by atoms with E-state index in [4.69, 9.17) is 0 Å². The summed E-state index contributed by atoms with van der Waals surface area (Å²) in [6.45, 7) is 2.19. The number of hydrogen-bond donors (Lipinski definition) is 1. The molecular formula is C18H21FN2O2S. The Kier molecular flexibility index (Phi) is 5.28. The number of rotatable bonds is 6. The molecule has 0 spiro atoms. The van der Waals surface area contributed by atoms with Crippen molar-refractivity contribution < 1.29 is 12.8 Å². The summed E-state index contributed by atoms with van der Waals surface area (Å²) in [7, 11) is -3.73. The van der Waals surface area contributed by atoms with Gasteiger partial charge in [0.25, 0.3) is 0 Å². The van der Waals surface area contributed by atoms with Gasteiger partial charge in [-0.15, -0.1) is 0 Å². The molecule has 6 heteroatoms. The molecule has 1 aliphatic rings. The number of nitrogens with zero attached hydrogens (tertiary/aromatic N) is 1. The number of halogens is 1. The van der Waals surface area contributed by atoms with Crippen LogP contribution in [-0.4, -0.2) is 33.0 Å². The quantitative estimate of drug-likeness (QED) is 0.873. The van der Waals surface area contributed by atoms with Gasteiger partial charge in [-0.25, -0.2) is 17.5 Å². The fraction of sp³-hybridized carbons (Fsp3) is 0.333. The minimum atomic E-state index is -3.73. The molecular weight excluding hydrogens is 327 g/mol. The molecule has 3 rings (SSSR count). The molecule has 0 radical (unpaired) electrons. The minimum absolute atomic E-state index is 0.0166. The third-order valence-electron chi connectivity index (χ3n) is 4.34. The van der Waals surface area contributed by atoms with Gasteiger partial charge >= 0.3 is 0 Å². The number of likely N-dealkylation sites (tertiary alicyclic amines) is 1. The van der Waals surface area contributed by atoms with E-state index in [1.807, 2.05) is 30.3 Å². The molecule has 2 aromatic rings. The van der Waals surface area contributed by atoms with E-state index in [-0.39, 0.29) is 17.5 Å². The lowest BCUT2D eigenvalue weighted by Crippen LogP contribution is -2.36. The third kappa shape index (κ3) is 4.01. The SMILES string of the molecule is O=S(=O)(NCC(c1ccccc1)N1CCCC1)c1cccc(F)c1. The lowest BCUT2D eigenvalue weighted by molar-refractivity contribution is 0.246. The first-order valence-electron chi connectivity index (χ1n) is 8.10. The molecule has 1 atom stereocenters. The van der Waals surface area contributed by atoms with Crippen molar-refractivity contribution in [2.75, 3.05) is 19.6 Å². The molecule has 0 amide bonds. The van der Waals surface area contributed by atoms with E-state index in [1.165, 1.54) is 18.2 Å². The fourth-order valence-corrected chi connectivity index (χ4v) is 4.16. The van der Waals surface area contributed by atoms with Gasteiger partial charge < -0.3 is 0 Å². The Labute approximate surface area is 142 Å². The molecule has 4 nitrogen and oxygen atoms in total. The molecule has 1 N–H and O–H groups in total. The molecule has 0 aliphatic carbocycles. The summed E-state index contributed by atoms with van der Waals surface area (Å²) in [6, 6.07) is 14.9. The molecule has 1 aliphatic heterocycles. The number of benzene rings is 2. The van der Waals surface area contributed by atoms with Crippen LogP contribution in [0.4, 0.5) is 4.39 Å². The first kappa shape index (κ1) is 17.1. The molecule has 128 valence electrons. The Morgan fingerprint density at radius 3 is 2.42 bits per heavy atom. The van der Waals surface area contributed by atoms with Gasteiger partial charge in [0.15, 0.2) is 0 Å².